The summed E-state index contributed by atoms with van der Waals surface area (Å²) in [5, 5.41) is 3.48. The molecule has 11 heavy (non-hydrogen) atoms. The van der Waals surface area contributed by atoms with Crippen LogP contribution in [0.5, 0.6) is 0 Å². The van der Waals surface area contributed by atoms with Crippen LogP contribution in [0.2, 0.25) is 0 Å². The molecule has 0 bridgehead atoms. The summed E-state index contributed by atoms with van der Waals surface area (Å²) in [5.41, 5.74) is 0. The number of ether oxygens (including phenoxy) is 1. The van der Waals surface area contributed by atoms with Crippen molar-refractivity contribution in [2.75, 3.05) is 6.61 Å². The van der Waals surface area contributed by atoms with Crippen LogP contribution in [-0.2, 0) is 4.74 Å². The molecule has 0 aromatic heterocycles. The predicted molar refractivity (Wildman–Crippen MR) is 46.5 cm³/mol. The zero-order chi connectivity index (χ0) is 8.10. The van der Waals surface area contributed by atoms with Crippen molar-refractivity contribution in [3.63, 3.8) is 0 Å². The van der Waals surface area contributed by atoms with E-state index in [0.717, 1.165) is 13.0 Å². The summed E-state index contributed by atoms with van der Waals surface area (Å²) in [6, 6.07) is 0.707. The predicted octanol–water partition coefficient (Wildman–Crippen LogP) is 1.90. The second-order valence-corrected chi connectivity index (χ2v) is 3.21. The van der Waals surface area contributed by atoms with E-state index in [-0.39, 0.29) is 0 Å². The molecular formula is C9H19NO. The highest BCUT2D eigenvalue weighted by Crippen LogP contribution is 2.11. The van der Waals surface area contributed by atoms with Crippen molar-refractivity contribution in [2.24, 2.45) is 0 Å². The van der Waals surface area contributed by atoms with Crippen molar-refractivity contribution >= 4 is 0 Å². The maximum Gasteiger partial charge on any atom is 0.108 e. The molecule has 2 atom stereocenters. The lowest BCUT2D eigenvalue weighted by Crippen LogP contribution is -2.45. The zero-order valence-electron chi connectivity index (χ0n) is 7.60. The van der Waals surface area contributed by atoms with Crippen LogP contribution in [0, 0.1) is 0 Å². The van der Waals surface area contributed by atoms with Crippen molar-refractivity contribution < 1.29 is 4.74 Å². The van der Waals surface area contributed by atoms with E-state index in [1.165, 1.54) is 19.3 Å². The fraction of sp³-hybridized carbons (Fsp3) is 1.00. The van der Waals surface area contributed by atoms with Gasteiger partial charge in [-0.25, -0.2) is 0 Å². The number of hydrogen-bond acceptors (Lipinski definition) is 2. The van der Waals surface area contributed by atoms with E-state index in [1.54, 1.807) is 0 Å². The van der Waals surface area contributed by atoms with Crippen molar-refractivity contribution in [2.45, 2.75) is 51.8 Å². The van der Waals surface area contributed by atoms with Gasteiger partial charge in [0.15, 0.2) is 0 Å². The molecule has 0 aromatic rings. The minimum atomic E-state index is 0.320. The fourth-order valence-electron chi connectivity index (χ4n) is 1.56. The molecule has 0 amide bonds. The van der Waals surface area contributed by atoms with E-state index >= 15 is 0 Å². The number of rotatable bonds is 3. The summed E-state index contributed by atoms with van der Waals surface area (Å²) in [6.07, 6.45) is 5.15. The maximum absolute atomic E-state index is 5.49. The van der Waals surface area contributed by atoms with E-state index in [2.05, 4.69) is 19.2 Å². The summed E-state index contributed by atoms with van der Waals surface area (Å²) in [5.74, 6) is 0. The first-order chi connectivity index (χ1) is 5.36. The largest absolute Gasteiger partial charge is 0.363 e. The minimum absolute atomic E-state index is 0.320. The maximum atomic E-state index is 5.49. The highest BCUT2D eigenvalue weighted by atomic mass is 16.5. The van der Waals surface area contributed by atoms with Gasteiger partial charge in [-0.05, 0) is 19.3 Å². The monoisotopic (exact) mass is 157 g/mol. The van der Waals surface area contributed by atoms with Gasteiger partial charge in [0, 0.05) is 6.04 Å². The van der Waals surface area contributed by atoms with Crippen LogP contribution in [0.1, 0.15) is 39.5 Å². The topological polar surface area (TPSA) is 21.3 Å². The third-order valence-corrected chi connectivity index (χ3v) is 2.21. The van der Waals surface area contributed by atoms with Gasteiger partial charge < -0.3 is 4.74 Å². The van der Waals surface area contributed by atoms with Gasteiger partial charge >= 0.3 is 0 Å². The average Bonchev–Trinajstić information content (AvgIpc) is 2.06. The molecule has 2 unspecified atom stereocenters. The molecule has 1 aliphatic heterocycles. The quantitative estimate of drug-likeness (QED) is 0.675. The van der Waals surface area contributed by atoms with E-state index in [9.17, 15) is 0 Å². The molecule has 1 N–H and O–H groups in total. The third kappa shape index (κ3) is 2.80. The molecule has 0 aliphatic carbocycles. The Hall–Kier alpha value is -0.0800. The Kier molecular flexibility index (Phi) is 3.87. The number of nitrogens with one attached hydrogen (secondary N) is 1. The normalized spacial score (nSPS) is 32.2. The SMILES string of the molecule is CCCC1CCOC(CC)N1. The van der Waals surface area contributed by atoms with Crippen molar-refractivity contribution in [1.82, 2.24) is 5.32 Å². The Bertz CT molecular complexity index is 104. The Morgan fingerprint density at radius 2 is 2.27 bits per heavy atom. The first-order valence-electron chi connectivity index (χ1n) is 4.74. The summed E-state index contributed by atoms with van der Waals surface area (Å²) in [6.45, 7) is 5.33. The van der Waals surface area contributed by atoms with Gasteiger partial charge in [0.05, 0.1) is 6.61 Å². The van der Waals surface area contributed by atoms with Gasteiger partial charge in [-0.3, -0.25) is 5.32 Å². The average molecular weight is 157 g/mol. The lowest BCUT2D eigenvalue weighted by molar-refractivity contribution is -0.0211. The zero-order valence-corrected chi connectivity index (χ0v) is 7.60. The molecule has 1 fully saturated rings. The Balaban J connectivity index is 2.21. The van der Waals surface area contributed by atoms with Crippen LogP contribution in [-0.4, -0.2) is 18.9 Å². The second-order valence-electron chi connectivity index (χ2n) is 3.21. The molecule has 2 heteroatoms. The van der Waals surface area contributed by atoms with Crippen LogP contribution >= 0.6 is 0 Å². The van der Waals surface area contributed by atoms with Crippen molar-refractivity contribution in [1.29, 1.82) is 0 Å². The van der Waals surface area contributed by atoms with E-state index < -0.39 is 0 Å². The standard InChI is InChI=1S/C9H19NO/c1-3-5-8-6-7-11-9(4-2)10-8/h8-10H,3-7H2,1-2H3. The van der Waals surface area contributed by atoms with Gasteiger partial charge in [0.2, 0.25) is 0 Å². The first kappa shape index (κ1) is 9.01. The van der Waals surface area contributed by atoms with Gasteiger partial charge in [-0.2, -0.15) is 0 Å². The van der Waals surface area contributed by atoms with Crippen LogP contribution in [0.4, 0.5) is 0 Å². The second kappa shape index (κ2) is 4.73. The smallest absolute Gasteiger partial charge is 0.108 e. The third-order valence-electron chi connectivity index (χ3n) is 2.21. The molecule has 1 aliphatic rings. The summed E-state index contributed by atoms with van der Waals surface area (Å²) >= 11 is 0. The first-order valence-corrected chi connectivity index (χ1v) is 4.74. The molecule has 1 saturated heterocycles. The molecule has 0 radical (unpaired) electrons. The van der Waals surface area contributed by atoms with Gasteiger partial charge in [-0.1, -0.05) is 20.3 Å². The molecular weight excluding hydrogens is 138 g/mol. The van der Waals surface area contributed by atoms with Crippen molar-refractivity contribution in [3.8, 4) is 0 Å². The molecule has 0 spiro atoms. The van der Waals surface area contributed by atoms with Crippen LogP contribution < -0.4 is 5.32 Å². The molecule has 2 nitrogen and oxygen atoms in total. The van der Waals surface area contributed by atoms with Gasteiger partial charge in [0.25, 0.3) is 0 Å². The van der Waals surface area contributed by atoms with Crippen LogP contribution in [0.25, 0.3) is 0 Å². The van der Waals surface area contributed by atoms with Gasteiger partial charge in [0.1, 0.15) is 6.23 Å². The molecule has 0 saturated carbocycles. The lowest BCUT2D eigenvalue weighted by Gasteiger charge is -2.30. The summed E-state index contributed by atoms with van der Waals surface area (Å²) in [7, 11) is 0. The molecule has 1 rings (SSSR count). The highest BCUT2D eigenvalue weighted by Gasteiger charge is 2.18. The molecule has 66 valence electrons. The van der Waals surface area contributed by atoms with E-state index in [1.807, 2.05) is 0 Å². The fourth-order valence-corrected chi connectivity index (χ4v) is 1.56. The van der Waals surface area contributed by atoms with Gasteiger partial charge in [-0.15, -0.1) is 0 Å². The minimum Gasteiger partial charge on any atom is -0.363 e. The Labute approximate surface area is 69.3 Å². The molecule has 0 aromatic carbocycles. The van der Waals surface area contributed by atoms with E-state index in [0.29, 0.717) is 12.3 Å². The molecule has 1 heterocycles. The number of hydrogen-bond donors (Lipinski definition) is 1. The Morgan fingerprint density at radius 3 is 2.91 bits per heavy atom. The van der Waals surface area contributed by atoms with Crippen LogP contribution in [0.3, 0.4) is 0 Å². The Morgan fingerprint density at radius 1 is 1.45 bits per heavy atom. The van der Waals surface area contributed by atoms with E-state index in [4.69, 9.17) is 4.74 Å². The summed E-state index contributed by atoms with van der Waals surface area (Å²) < 4.78 is 5.49. The van der Waals surface area contributed by atoms with Crippen LogP contribution in [0.15, 0.2) is 0 Å². The lowest BCUT2D eigenvalue weighted by atomic mass is 10.1. The summed E-state index contributed by atoms with van der Waals surface area (Å²) in [4.78, 5) is 0. The highest BCUT2D eigenvalue weighted by molar-refractivity contribution is 4.72. The van der Waals surface area contributed by atoms with Crippen molar-refractivity contribution in [3.05, 3.63) is 0 Å².